The van der Waals surface area contributed by atoms with E-state index in [1.54, 1.807) is 30.5 Å². The molecule has 25 heavy (non-hydrogen) atoms. The third-order valence-corrected chi connectivity index (χ3v) is 4.41. The summed E-state index contributed by atoms with van der Waals surface area (Å²) in [6.07, 6.45) is -1.66. The van der Waals surface area contributed by atoms with E-state index in [0.717, 1.165) is 10.5 Å². The minimum Gasteiger partial charge on any atom is -0.481 e. The molecule has 1 aliphatic heterocycles. The molecule has 1 aliphatic rings. The van der Waals surface area contributed by atoms with Crippen molar-refractivity contribution in [2.75, 3.05) is 13.1 Å². The number of carbonyl (C=O) groups excluding carboxylic acids is 1. The van der Waals surface area contributed by atoms with Gasteiger partial charge in [-0.1, -0.05) is 30.3 Å². The molecule has 0 radical (unpaired) electrons. The summed E-state index contributed by atoms with van der Waals surface area (Å²) in [5, 5.41) is 9.07. The summed E-state index contributed by atoms with van der Waals surface area (Å²) < 4.78 is 39.3. The fraction of sp³-hybridized carbons (Fsp3) is 0.294. The first-order valence-electron chi connectivity index (χ1n) is 7.60. The second-order valence-electron chi connectivity index (χ2n) is 5.95. The summed E-state index contributed by atoms with van der Waals surface area (Å²) in [7, 11) is 0. The zero-order valence-electron chi connectivity index (χ0n) is 13.0. The number of H-pyrrole nitrogens is 1. The minimum atomic E-state index is -4.67. The van der Waals surface area contributed by atoms with Crippen LogP contribution in [0.15, 0.2) is 42.7 Å². The van der Waals surface area contributed by atoms with Gasteiger partial charge in [-0.3, -0.25) is 9.59 Å². The van der Waals surface area contributed by atoms with Gasteiger partial charge in [-0.15, -0.1) is 0 Å². The number of rotatable bonds is 3. The molecule has 132 valence electrons. The third-order valence-electron chi connectivity index (χ3n) is 4.41. The average Bonchev–Trinajstić information content (AvgIpc) is 3.22. The van der Waals surface area contributed by atoms with Crippen LogP contribution in [0.5, 0.6) is 0 Å². The second kappa shape index (κ2) is 6.27. The van der Waals surface area contributed by atoms with Crippen molar-refractivity contribution >= 4 is 11.9 Å². The number of hydrogen-bond donors (Lipinski definition) is 2. The number of halogens is 3. The molecule has 0 spiro atoms. The number of aromatic nitrogens is 1. The van der Waals surface area contributed by atoms with E-state index in [1.165, 1.54) is 6.20 Å². The summed E-state index contributed by atoms with van der Waals surface area (Å²) in [4.78, 5) is 27.6. The molecule has 1 fully saturated rings. The lowest BCUT2D eigenvalue weighted by Crippen LogP contribution is -2.34. The molecular formula is C17H15F3N2O3. The summed E-state index contributed by atoms with van der Waals surface area (Å²) in [6.45, 7) is -1.11. The maximum absolute atomic E-state index is 13.1. The Morgan fingerprint density at radius 3 is 2.36 bits per heavy atom. The minimum absolute atomic E-state index is 0.221. The molecule has 0 bridgehead atoms. The van der Waals surface area contributed by atoms with Crippen molar-refractivity contribution in [1.29, 1.82) is 0 Å². The Labute approximate surface area is 141 Å². The quantitative estimate of drug-likeness (QED) is 0.892. The number of aromatic amines is 1. The number of hydrogen-bond acceptors (Lipinski definition) is 2. The maximum atomic E-state index is 13.1. The van der Waals surface area contributed by atoms with Crippen molar-refractivity contribution < 1.29 is 27.9 Å². The van der Waals surface area contributed by atoms with E-state index in [2.05, 4.69) is 4.98 Å². The molecule has 5 nitrogen and oxygen atoms in total. The number of nitrogens with one attached hydrogen (secondary N) is 1. The van der Waals surface area contributed by atoms with Crippen molar-refractivity contribution in [2.45, 2.75) is 6.18 Å². The predicted molar refractivity (Wildman–Crippen MR) is 82.8 cm³/mol. The highest BCUT2D eigenvalue weighted by molar-refractivity contribution is 6.01. The Balaban J connectivity index is 1.88. The molecule has 1 amide bonds. The number of benzene rings is 1. The fourth-order valence-corrected chi connectivity index (χ4v) is 3.12. The Morgan fingerprint density at radius 2 is 1.80 bits per heavy atom. The monoisotopic (exact) mass is 352 g/mol. The van der Waals surface area contributed by atoms with Gasteiger partial charge in [0.1, 0.15) is 0 Å². The summed E-state index contributed by atoms with van der Waals surface area (Å²) >= 11 is 0. The molecule has 1 saturated heterocycles. The predicted octanol–water partition coefficient (Wildman–Crippen LogP) is 3.02. The van der Waals surface area contributed by atoms with E-state index >= 15 is 0 Å². The van der Waals surface area contributed by atoms with Gasteiger partial charge in [-0.25, -0.2) is 0 Å². The molecule has 1 aromatic heterocycles. The van der Waals surface area contributed by atoms with Gasteiger partial charge in [-0.05, 0) is 5.56 Å². The average molecular weight is 352 g/mol. The SMILES string of the molecule is O=C(O)[C@@H]1CN(C(=O)c2c[nH]cc2-c2ccccc2)C[C@H]1C(F)(F)F. The lowest BCUT2D eigenvalue weighted by molar-refractivity contribution is -0.187. The van der Waals surface area contributed by atoms with Crippen LogP contribution in [-0.2, 0) is 4.79 Å². The van der Waals surface area contributed by atoms with Crippen LogP contribution in [0.3, 0.4) is 0 Å². The van der Waals surface area contributed by atoms with Crippen molar-refractivity contribution in [2.24, 2.45) is 11.8 Å². The number of alkyl halides is 3. The van der Waals surface area contributed by atoms with Crippen molar-refractivity contribution in [1.82, 2.24) is 9.88 Å². The first-order valence-corrected chi connectivity index (χ1v) is 7.60. The van der Waals surface area contributed by atoms with Crippen LogP contribution in [0.2, 0.25) is 0 Å². The van der Waals surface area contributed by atoms with E-state index in [0.29, 0.717) is 5.56 Å². The molecule has 8 heteroatoms. The molecule has 0 unspecified atom stereocenters. The number of carboxylic acid groups (broad SMARTS) is 1. The molecule has 2 N–H and O–H groups in total. The van der Waals surface area contributed by atoms with Crippen LogP contribution in [0, 0.1) is 11.8 Å². The molecular weight excluding hydrogens is 337 g/mol. The number of carbonyl (C=O) groups is 2. The largest absolute Gasteiger partial charge is 0.481 e. The molecule has 2 aromatic rings. The van der Waals surface area contributed by atoms with Gasteiger partial charge < -0.3 is 15.0 Å². The van der Waals surface area contributed by atoms with Crippen molar-refractivity contribution in [3.8, 4) is 11.1 Å². The van der Waals surface area contributed by atoms with Crippen LogP contribution in [0.25, 0.3) is 11.1 Å². The first kappa shape index (κ1) is 17.1. The normalized spacial score (nSPS) is 20.7. The molecule has 3 rings (SSSR count). The van der Waals surface area contributed by atoms with E-state index in [9.17, 15) is 22.8 Å². The van der Waals surface area contributed by atoms with Crippen LogP contribution < -0.4 is 0 Å². The molecule has 0 saturated carbocycles. The van der Waals surface area contributed by atoms with E-state index in [-0.39, 0.29) is 5.56 Å². The van der Waals surface area contributed by atoms with Gasteiger partial charge >= 0.3 is 12.1 Å². The summed E-state index contributed by atoms with van der Waals surface area (Å²) in [5.41, 5.74) is 1.53. The number of amides is 1. The highest BCUT2D eigenvalue weighted by Crippen LogP contribution is 2.38. The third kappa shape index (κ3) is 3.24. The molecule has 0 aliphatic carbocycles. The zero-order valence-corrected chi connectivity index (χ0v) is 13.0. The molecule has 1 aromatic carbocycles. The standard InChI is InChI=1S/C17H15F3N2O3/c18-17(19,20)14-9-22(8-13(14)16(24)25)15(23)12-7-21-6-11(12)10-4-2-1-3-5-10/h1-7,13-14,21H,8-9H2,(H,24,25)/t13-,14-/m1/s1. The van der Waals surface area contributed by atoms with Crippen LogP contribution in [0.4, 0.5) is 13.2 Å². The molecule has 2 heterocycles. The molecule has 2 atom stereocenters. The van der Waals surface area contributed by atoms with E-state index in [1.807, 2.05) is 6.07 Å². The van der Waals surface area contributed by atoms with Gasteiger partial charge in [0.2, 0.25) is 0 Å². The second-order valence-corrected chi connectivity index (χ2v) is 5.95. The topological polar surface area (TPSA) is 73.4 Å². The lowest BCUT2D eigenvalue weighted by atomic mass is 9.96. The van der Waals surface area contributed by atoms with Crippen LogP contribution in [0.1, 0.15) is 10.4 Å². The van der Waals surface area contributed by atoms with Crippen molar-refractivity contribution in [3.05, 3.63) is 48.3 Å². The van der Waals surface area contributed by atoms with Crippen LogP contribution in [-0.4, -0.2) is 46.1 Å². The van der Waals surface area contributed by atoms with E-state index < -0.39 is 43.0 Å². The van der Waals surface area contributed by atoms with Gasteiger partial charge in [0, 0.05) is 31.0 Å². The Hall–Kier alpha value is -2.77. The number of aliphatic carboxylic acids is 1. The summed E-state index contributed by atoms with van der Waals surface area (Å²) in [5.74, 6) is -5.87. The Kier molecular flexibility index (Phi) is 4.28. The maximum Gasteiger partial charge on any atom is 0.394 e. The highest BCUT2D eigenvalue weighted by Gasteiger charge is 2.53. The Morgan fingerprint density at radius 1 is 1.12 bits per heavy atom. The number of likely N-dealkylation sites (tertiary alicyclic amines) is 1. The fourth-order valence-electron chi connectivity index (χ4n) is 3.12. The first-order chi connectivity index (χ1) is 11.8. The number of nitrogens with zero attached hydrogens (tertiary/aromatic N) is 1. The van der Waals surface area contributed by atoms with Gasteiger partial charge in [0.25, 0.3) is 5.91 Å². The van der Waals surface area contributed by atoms with Gasteiger partial charge in [0.05, 0.1) is 17.4 Å². The smallest absolute Gasteiger partial charge is 0.394 e. The van der Waals surface area contributed by atoms with E-state index in [4.69, 9.17) is 5.11 Å². The summed E-state index contributed by atoms with van der Waals surface area (Å²) in [6, 6.07) is 8.94. The van der Waals surface area contributed by atoms with Crippen LogP contribution >= 0.6 is 0 Å². The zero-order chi connectivity index (χ0) is 18.2. The Bertz CT molecular complexity index is 786. The van der Waals surface area contributed by atoms with Crippen molar-refractivity contribution in [3.63, 3.8) is 0 Å². The highest BCUT2D eigenvalue weighted by atomic mass is 19.4. The van der Waals surface area contributed by atoms with Gasteiger partial charge in [-0.2, -0.15) is 13.2 Å². The number of carboxylic acids is 1. The lowest BCUT2D eigenvalue weighted by Gasteiger charge is -2.18. The van der Waals surface area contributed by atoms with Gasteiger partial charge in [0.15, 0.2) is 0 Å².